The highest BCUT2D eigenvalue weighted by atomic mass is 32.2. The average molecular weight is 461 g/mol. The first kappa shape index (κ1) is 24.1. The first-order valence-electron chi connectivity index (χ1n) is 10.9. The van der Waals surface area contributed by atoms with Crippen LogP contribution in [0.1, 0.15) is 43.4 Å². The minimum absolute atomic E-state index is 0.0426. The highest BCUT2D eigenvalue weighted by molar-refractivity contribution is 7.89. The van der Waals surface area contributed by atoms with Crippen LogP contribution in [0.15, 0.2) is 47.4 Å². The van der Waals surface area contributed by atoms with Gasteiger partial charge in [0.25, 0.3) is 0 Å². The van der Waals surface area contributed by atoms with Crippen molar-refractivity contribution in [3.05, 3.63) is 53.6 Å². The summed E-state index contributed by atoms with van der Waals surface area (Å²) in [7, 11) is -0.369. The van der Waals surface area contributed by atoms with E-state index >= 15 is 0 Å². The standard InChI is InChI=1S/C24H32N2O5S/c1-5-21(19-8-11-22(30-3)23(16-19)31-4)25-24(27)18-12-14-26(15-13-18)32(28,29)20-9-6-17(2)7-10-20/h6-11,16,18,21H,5,12-15H2,1-4H3,(H,25,27)/t21-/m1/s1. The zero-order valence-corrected chi connectivity index (χ0v) is 19.9. The van der Waals surface area contributed by atoms with Gasteiger partial charge in [-0.15, -0.1) is 0 Å². The van der Waals surface area contributed by atoms with Crippen LogP contribution < -0.4 is 14.8 Å². The zero-order chi connectivity index (χ0) is 23.3. The lowest BCUT2D eigenvalue weighted by atomic mass is 9.95. The SMILES string of the molecule is CC[C@@H](NC(=O)C1CCN(S(=O)(=O)c2ccc(C)cc2)CC1)c1ccc(OC)c(OC)c1. The van der Waals surface area contributed by atoms with Crippen molar-refractivity contribution in [2.24, 2.45) is 5.92 Å². The Labute approximate surface area is 190 Å². The second-order valence-corrected chi connectivity index (χ2v) is 10.0. The average Bonchev–Trinajstić information content (AvgIpc) is 2.82. The second-order valence-electron chi connectivity index (χ2n) is 8.08. The number of methoxy groups -OCH3 is 2. The Morgan fingerprint density at radius 3 is 2.25 bits per heavy atom. The summed E-state index contributed by atoms with van der Waals surface area (Å²) < 4.78 is 37.9. The van der Waals surface area contributed by atoms with Gasteiger partial charge < -0.3 is 14.8 Å². The molecule has 3 rings (SSSR count). The lowest BCUT2D eigenvalue weighted by Crippen LogP contribution is -2.43. The molecule has 0 radical (unpaired) electrons. The lowest BCUT2D eigenvalue weighted by molar-refractivity contribution is -0.126. The summed E-state index contributed by atoms with van der Waals surface area (Å²) in [6.07, 6.45) is 1.72. The van der Waals surface area contributed by atoms with Crippen molar-refractivity contribution in [1.29, 1.82) is 0 Å². The van der Waals surface area contributed by atoms with Gasteiger partial charge in [0.05, 0.1) is 25.2 Å². The molecule has 1 saturated heterocycles. The number of aryl methyl sites for hydroxylation is 1. The van der Waals surface area contributed by atoms with Crippen LogP contribution >= 0.6 is 0 Å². The molecule has 1 heterocycles. The third kappa shape index (κ3) is 5.24. The van der Waals surface area contributed by atoms with Crippen LogP contribution in [0.25, 0.3) is 0 Å². The molecule has 8 heteroatoms. The highest BCUT2D eigenvalue weighted by Gasteiger charge is 2.32. The predicted molar refractivity (Wildman–Crippen MR) is 123 cm³/mol. The first-order valence-corrected chi connectivity index (χ1v) is 12.3. The van der Waals surface area contributed by atoms with Gasteiger partial charge in [0.1, 0.15) is 0 Å². The molecule has 1 N–H and O–H groups in total. The number of nitrogens with one attached hydrogen (secondary N) is 1. The number of hydrogen-bond donors (Lipinski definition) is 1. The normalized spacial score (nSPS) is 16.4. The molecule has 1 aliphatic rings. The summed E-state index contributed by atoms with van der Waals surface area (Å²) in [6, 6.07) is 12.3. The molecule has 1 atom stereocenters. The number of sulfonamides is 1. The summed E-state index contributed by atoms with van der Waals surface area (Å²) in [6.45, 7) is 4.60. The molecule has 1 amide bonds. The number of benzene rings is 2. The monoisotopic (exact) mass is 460 g/mol. The fraction of sp³-hybridized carbons (Fsp3) is 0.458. The molecule has 7 nitrogen and oxygen atoms in total. The molecule has 0 saturated carbocycles. The molecule has 2 aromatic rings. The van der Waals surface area contributed by atoms with E-state index in [1.807, 2.05) is 32.0 Å². The number of ether oxygens (including phenoxy) is 2. The maximum Gasteiger partial charge on any atom is 0.243 e. The summed E-state index contributed by atoms with van der Waals surface area (Å²) in [5.74, 6) is 1.000. The smallest absolute Gasteiger partial charge is 0.243 e. The largest absolute Gasteiger partial charge is 0.493 e. The fourth-order valence-corrected chi connectivity index (χ4v) is 5.47. The van der Waals surface area contributed by atoms with E-state index in [0.29, 0.717) is 42.3 Å². The van der Waals surface area contributed by atoms with E-state index in [2.05, 4.69) is 5.32 Å². The number of carbonyl (C=O) groups excluding carboxylic acids is 1. The molecule has 32 heavy (non-hydrogen) atoms. The van der Waals surface area contributed by atoms with Gasteiger partial charge in [0.2, 0.25) is 15.9 Å². The number of hydrogen-bond acceptors (Lipinski definition) is 5. The molecule has 0 spiro atoms. The van der Waals surface area contributed by atoms with Gasteiger partial charge >= 0.3 is 0 Å². The fourth-order valence-electron chi connectivity index (χ4n) is 4.00. The molecule has 174 valence electrons. The van der Waals surface area contributed by atoms with Gasteiger partial charge in [-0.3, -0.25) is 4.79 Å². The quantitative estimate of drug-likeness (QED) is 0.650. The third-order valence-corrected chi connectivity index (χ3v) is 7.93. The van der Waals surface area contributed by atoms with Crippen molar-refractivity contribution in [2.75, 3.05) is 27.3 Å². The van der Waals surface area contributed by atoms with Crippen molar-refractivity contribution in [1.82, 2.24) is 9.62 Å². The number of rotatable bonds is 8. The van der Waals surface area contributed by atoms with Crippen LogP contribution in [0.2, 0.25) is 0 Å². The molecule has 0 unspecified atom stereocenters. The Kier molecular flexibility index (Phi) is 7.79. The van der Waals surface area contributed by atoms with Gasteiger partial charge in [-0.05, 0) is 56.0 Å². The van der Waals surface area contributed by atoms with Crippen LogP contribution in [0.4, 0.5) is 0 Å². The van der Waals surface area contributed by atoms with E-state index in [-0.39, 0.29) is 17.9 Å². The Bertz CT molecular complexity index is 1030. The van der Waals surface area contributed by atoms with E-state index in [1.165, 1.54) is 4.31 Å². The van der Waals surface area contributed by atoms with Gasteiger partial charge in [-0.1, -0.05) is 30.7 Å². The van der Waals surface area contributed by atoms with E-state index in [0.717, 1.165) is 17.5 Å². The van der Waals surface area contributed by atoms with Crippen LogP contribution in [-0.2, 0) is 14.8 Å². The van der Waals surface area contributed by atoms with E-state index < -0.39 is 10.0 Å². The molecule has 2 aromatic carbocycles. The van der Waals surface area contributed by atoms with Crippen LogP contribution in [-0.4, -0.2) is 45.9 Å². The van der Waals surface area contributed by atoms with Crippen LogP contribution in [0.3, 0.4) is 0 Å². The molecular formula is C24H32N2O5S. The minimum atomic E-state index is -3.54. The number of nitrogens with zero attached hydrogens (tertiary/aromatic N) is 1. The summed E-state index contributed by atoms with van der Waals surface area (Å²) in [5, 5.41) is 3.13. The van der Waals surface area contributed by atoms with Gasteiger partial charge in [-0.25, -0.2) is 8.42 Å². The van der Waals surface area contributed by atoms with Crippen molar-refractivity contribution >= 4 is 15.9 Å². The summed E-state index contributed by atoms with van der Waals surface area (Å²) in [4.78, 5) is 13.2. The maximum absolute atomic E-state index is 12.9. The molecule has 0 aliphatic carbocycles. The zero-order valence-electron chi connectivity index (χ0n) is 19.1. The van der Waals surface area contributed by atoms with Crippen molar-refractivity contribution in [3.63, 3.8) is 0 Å². The second kappa shape index (κ2) is 10.4. The third-order valence-electron chi connectivity index (χ3n) is 6.02. The van der Waals surface area contributed by atoms with Gasteiger partial charge in [0.15, 0.2) is 11.5 Å². The molecule has 0 aromatic heterocycles. The van der Waals surface area contributed by atoms with Crippen molar-refractivity contribution < 1.29 is 22.7 Å². The molecule has 0 bridgehead atoms. The molecule has 1 aliphatic heterocycles. The topological polar surface area (TPSA) is 84.9 Å². The predicted octanol–water partition coefficient (Wildman–Crippen LogP) is 3.68. The summed E-state index contributed by atoms with van der Waals surface area (Å²) in [5.41, 5.74) is 1.96. The first-order chi connectivity index (χ1) is 15.3. The van der Waals surface area contributed by atoms with E-state index in [9.17, 15) is 13.2 Å². The van der Waals surface area contributed by atoms with E-state index in [1.54, 1.807) is 38.5 Å². The summed E-state index contributed by atoms with van der Waals surface area (Å²) >= 11 is 0. The Balaban J connectivity index is 1.63. The number of piperidine rings is 1. The van der Waals surface area contributed by atoms with Crippen LogP contribution in [0, 0.1) is 12.8 Å². The minimum Gasteiger partial charge on any atom is -0.493 e. The van der Waals surface area contributed by atoms with Crippen molar-refractivity contribution in [2.45, 2.75) is 44.0 Å². The lowest BCUT2D eigenvalue weighted by Gasteiger charge is -2.31. The van der Waals surface area contributed by atoms with Gasteiger partial charge in [-0.2, -0.15) is 4.31 Å². The van der Waals surface area contributed by atoms with Crippen molar-refractivity contribution in [3.8, 4) is 11.5 Å². The highest BCUT2D eigenvalue weighted by Crippen LogP contribution is 2.31. The van der Waals surface area contributed by atoms with Crippen LogP contribution in [0.5, 0.6) is 11.5 Å². The van der Waals surface area contributed by atoms with E-state index in [4.69, 9.17) is 9.47 Å². The molecule has 1 fully saturated rings. The maximum atomic E-state index is 12.9. The molecular weight excluding hydrogens is 428 g/mol. The Morgan fingerprint density at radius 2 is 1.69 bits per heavy atom. The number of amides is 1. The Morgan fingerprint density at radius 1 is 1.06 bits per heavy atom. The number of carbonyl (C=O) groups is 1. The Hall–Kier alpha value is -2.58. The van der Waals surface area contributed by atoms with Gasteiger partial charge in [0, 0.05) is 19.0 Å².